The highest BCUT2D eigenvalue weighted by Gasteiger charge is 2.40. The zero-order chi connectivity index (χ0) is 12.2. The smallest absolute Gasteiger partial charge is 0.302 e. The Kier molecular flexibility index (Phi) is 4.29. The van der Waals surface area contributed by atoms with Crippen LogP contribution < -0.4 is 5.32 Å². The number of halogens is 3. The van der Waals surface area contributed by atoms with Gasteiger partial charge in [0, 0.05) is 11.9 Å². The van der Waals surface area contributed by atoms with Gasteiger partial charge < -0.3 is 5.32 Å². The molecule has 0 saturated carbocycles. The second-order valence-electron chi connectivity index (χ2n) is 3.66. The van der Waals surface area contributed by atoms with Crippen molar-refractivity contribution in [3.8, 4) is 0 Å². The fraction of sp³-hybridized carbons (Fsp3) is 0.545. The van der Waals surface area contributed by atoms with Crippen LogP contribution in [0.15, 0.2) is 18.3 Å². The molecule has 0 amide bonds. The predicted molar refractivity (Wildman–Crippen MR) is 56.1 cm³/mol. The first-order chi connectivity index (χ1) is 7.45. The van der Waals surface area contributed by atoms with Crippen molar-refractivity contribution in [1.29, 1.82) is 0 Å². The van der Waals surface area contributed by atoms with Gasteiger partial charge in [-0.3, -0.25) is 4.98 Å². The number of hydrogen-bond donors (Lipinski definition) is 1. The lowest BCUT2D eigenvalue weighted by atomic mass is 10.1. The normalized spacial score (nSPS) is 13.8. The van der Waals surface area contributed by atoms with Crippen LogP contribution in [0.25, 0.3) is 0 Å². The maximum atomic E-state index is 12.7. The Morgan fingerprint density at radius 1 is 1.38 bits per heavy atom. The largest absolute Gasteiger partial charge is 0.407 e. The first-order valence-corrected chi connectivity index (χ1v) is 5.17. The van der Waals surface area contributed by atoms with Gasteiger partial charge in [-0.25, -0.2) is 0 Å². The van der Waals surface area contributed by atoms with E-state index in [0.29, 0.717) is 18.7 Å². The van der Waals surface area contributed by atoms with E-state index in [1.54, 1.807) is 13.0 Å². The topological polar surface area (TPSA) is 24.9 Å². The van der Waals surface area contributed by atoms with E-state index in [1.165, 1.54) is 12.3 Å². The van der Waals surface area contributed by atoms with Crippen molar-refractivity contribution >= 4 is 0 Å². The first kappa shape index (κ1) is 13.0. The van der Waals surface area contributed by atoms with Gasteiger partial charge in [-0.15, -0.1) is 0 Å². The molecule has 0 aliphatic carbocycles. The highest BCUT2D eigenvalue weighted by atomic mass is 19.4. The summed E-state index contributed by atoms with van der Waals surface area (Å²) in [6.45, 7) is 3.90. The lowest BCUT2D eigenvalue weighted by Gasteiger charge is -2.21. The summed E-state index contributed by atoms with van der Waals surface area (Å²) in [5.41, 5.74) is 0.867. The lowest BCUT2D eigenvalue weighted by molar-refractivity contribution is -0.157. The molecule has 1 rings (SSSR count). The minimum atomic E-state index is -4.29. The fourth-order valence-corrected chi connectivity index (χ4v) is 1.36. The van der Waals surface area contributed by atoms with Gasteiger partial charge in [-0.05, 0) is 31.5 Å². The number of nitrogens with zero attached hydrogens (tertiary/aromatic N) is 1. The van der Waals surface area contributed by atoms with Gasteiger partial charge in [0.05, 0.1) is 0 Å². The Labute approximate surface area is 92.9 Å². The van der Waals surface area contributed by atoms with Crippen molar-refractivity contribution in [3.63, 3.8) is 0 Å². The monoisotopic (exact) mass is 232 g/mol. The molecule has 90 valence electrons. The van der Waals surface area contributed by atoms with Crippen molar-refractivity contribution < 1.29 is 13.2 Å². The zero-order valence-electron chi connectivity index (χ0n) is 9.30. The van der Waals surface area contributed by atoms with Crippen LogP contribution in [0.4, 0.5) is 13.2 Å². The van der Waals surface area contributed by atoms with Crippen LogP contribution in [0.5, 0.6) is 0 Å². The molecule has 0 radical (unpaired) electrons. The van der Waals surface area contributed by atoms with E-state index < -0.39 is 12.2 Å². The van der Waals surface area contributed by atoms with E-state index in [-0.39, 0.29) is 5.56 Å². The summed E-state index contributed by atoms with van der Waals surface area (Å²) in [7, 11) is 0. The van der Waals surface area contributed by atoms with E-state index in [0.717, 1.165) is 0 Å². The Balaban J connectivity index is 2.88. The molecule has 1 N–H and O–H groups in total. The SMILES string of the molecule is CCCNC(c1ccc(C)nc1)C(F)(F)F. The van der Waals surface area contributed by atoms with E-state index >= 15 is 0 Å². The van der Waals surface area contributed by atoms with Crippen LogP contribution in [0.1, 0.15) is 30.6 Å². The van der Waals surface area contributed by atoms with Crippen LogP contribution in [0.3, 0.4) is 0 Å². The molecule has 1 atom stereocenters. The summed E-state index contributed by atoms with van der Waals surface area (Å²) >= 11 is 0. The number of aromatic nitrogens is 1. The van der Waals surface area contributed by atoms with Gasteiger partial charge >= 0.3 is 6.18 Å². The third-order valence-electron chi connectivity index (χ3n) is 2.19. The molecule has 1 aromatic heterocycles. The molecule has 5 heteroatoms. The van der Waals surface area contributed by atoms with Gasteiger partial charge in [0.1, 0.15) is 6.04 Å². The second kappa shape index (κ2) is 5.30. The van der Waals surface area contributed by atoms with Gasteiger partial charge in [0.15, 0.2) is 0 Å². The van der Waals surface area contributed by atoms with E-state index in [4.69, 9.17) is 0 Å². The predicted octanol–water partition coefficient (Wildman–Crippen LogP) is 2.99. The average molecular weight is 232 g/mol. The third-order valence-corrected chi connectivity index (χ3v) is 2.19. The molecular weight excluding hydrogens is 217 g/mol. The molecule has 1 unspecified atom stereocenters. The van der Waals surface area contributed by atoms with Gasteiger partial charge in [-0.1, -0.05) is 13.0 Å². The Morgan fingerprint density at radius 3 is 2.50 bits per heavy atom. The molecular formula is C11H15F3N2. The summed E-state index contributed by atoms with van der Waals surface area (Å²) in [4.78, 5) is 3.88. The summed E-state index contributed by atoms with van der Waals surface area (Å²) in [5, 5.41) is 2.48. The second-order valence-corrected chi connectivity index (χ2v) is 3.66. The average Bonchev–Trinajstić information content (AvgIpc) is 2.19. The van der Waals surface area contributed by atoms with Gasteiger partial charge in [0.2, 0.25) is 0 Å². The van der Waals surface area contributed by atoms with Gasteiger partial charge in [-0.2, -0.15) is 13.2 Å². The van der Waals surface area contributed by atoms with Crippen molar-refractivity contribution in [2.45, 2.75) is 32.5 Å². The molecule has 16 heavy (non-hydrogen) atoms. The maximum absolute atomic E-state index is 12.7. The molecule has 0 aromatic carbocycles. The van der Waals surface area contributed by atoms with E-state index in [9.17, 15) is 13.2 Å². The van der Waals surface area contributed by atoms with E-state index in [1.807, 2.05) is 6.92 Å². The van der Waals surface area contributed by atoms with Crippen molar-refractivity contribution in [3.05, 3.63) is 29.6 Å². The number of rotatable bonds is 4. The van der Waals surface area contributed by atoms with Gasteiger partial charge in [0.25, 0.3) is 0 Å². The number of hydrogen-bond acceptors (Lipinski definition) is 2. The summed E-state index contributed by atoms with van der Waals surface area (Å²) in [6, 6.07) is 1.42. The molecule has 0 saturated heterocycles. The van der Waals surface area contributed by atoms with Crippen LogP contribution in [0.2, 0.25) is 0 Å². The van der Waals surface area contributed by atoms with Crippen LogP contribution in [-0.4, -0.2) is 17.7 Å². The maximum Gasteiger partial charge on any atom is 0.407 e. The molecule has 0 aliphatic heterocycles. The Morgan fingerprint density at radius 2 is 2.06 bits per heavy atom. The first-order valence-electron chi connectivity index (χ1n) is 5.17. The molecule has 0 spiro atoms. The Bertz CT molecular complexity index is 319. The molecule has 0 bridgehead atoms. The number of alkyl halides is 3. The van der Waals surface area contributed by atoms with Crippen LogP contribution >= 0.6 is 0 Å². The lowest BCUT2D eigenvalue weighted by Crippen LogP contribution is -2.34. The number of nitrogens with one attached hydrogen (secondary N) is 1. The third kappa shape index (κ3) is 3.48. The standard InChI is InChI=1S/C11H15F3N2/c1-3-6-15-10(11(12,13)14)9-5-4-8(2)16-7-9/h4-5,7,10,15H,3,6H2,1-2H3. The highest BCUT2D eigenvalue weighted by molar-refractivity contribution is 5.18. The van der Waals surface area contributed by atoms with Crippen LogP contribution in [-0.2, 0) is 0 Å². The number of pyridine rings is 1. The van der Waals surface area contributed by atoms with Crippen molar-refractivity contribution in [2.75, 3.05) is 6.54 Å². The van der Waals surface area contributed by atoms with Crippen molar-refractivity contribution in [1.82, 2.24) is 10.3 Å². The summed E-state index contributed by atoms with van der Waals surface area (Å²) < 4.78 is 38.2. The van der Waals surface area contributed by atoms with E-state index in [2.05, 4.69) is 10.3 Å². The molecule has 2 nitrogen and oxygen atoms in total. The van der Waals surface area contributed by atoms with Crippen LogP contribution in [0, 0.1) is 6.92 Å². The Hall–Kier alpha value is -1.10. The minimum absolute atomic E-state index is 0.159. The summed E-state index contributed by atoms with van der Waals surface area (Å²) in [6.07, 6.45) is -2.35. The number of aryl methyl sites for hydroxylation is 1. The van der Waals surface area contributed by atoms with Crippen molar-refractivity contribution in [2.24, 2.45) is 0 Å². The summed E-state index contributed by atoms with van der Waals surface area (Å²) in [5.74, 6) is 0. The minimum Gasteiger partial charge on any atom is -0.302 e. The fourth-order valence-electron chi connectivity index (χ4n) is 1.36. The molecule has 0 fully saturated rings. The zero-order valence-corrected chi connectivity index (χ0v) is 9.30. The molecule has 1 aromatic rings. The quantitative estimate of drug-likeness (QED) is 0.863. The molecule has 1 heterocycles. The molecule has 0 aliphatic rings. The highest BCUT2D eigenvalue weighted by Crippen LogP contribution is 2.32.